The largest absolute Gasteiger partial charge is 0.417 e. The van der Waals surface area contributed by atoms with Crippen molar-refractivity contribution in [2.24, 2.45) is 7.05 Å². The van der Waals surface area contributed by atoms with E-state index in [4.69, 9.17) is 0 Å². The molecule has 0 saturated carbocycles. The second-order valence-electron chi connectivity index (χ2n) is 3.85. The van der Waals surface area contributed by atoms with Crippen molar-refractivity contribution in [1.82, 2.24) is 4.57 Å². The number of fused-ring (bicyclic) bond motifs is 1. The molecule has 3 nitrogen and oxygen atoms in total. The predicted octanol–water partition coefficient (Wildman–Crippen LogP) is 2.37. The van der Waals surface area contributed by atoms with Gasteiger partial charge in [0.1, 0.15) is 6.29 Å². The van der Waals surface area contributed by atoms with E-state index in [0.717, 1.165) is 10.6 Å². The van der Waals surface area contributed by atoms with Crippen LogP contribution in [0.4, 0.5) is 13.2 Å². The first-order valence-corrected chi connectivity index (χ1v) is 5.01. The molecule has 1 aromatic heterocycles. The summed E-state index contributed by atoms with van der Waals surface area (Å²) in [7, 11) is 1.38. The molecule has 94 valence electrons. The van der Waals surface area contributed by atoms with Crippen LogP contribution in [-0.4, -0.2) is 10.9 Å². The quantitative estimate of drug-likeness (QED) is 0.734. The molecular formula is C12H8F3NO2. The highest BCUT2D eigenvalue weighted by atomic mass is 19.4. The summed E-state index contributed by atoms with van der Waals surface area (Å²) in [5, 5.41) is -0.158. The number of benzene rings is 1. The van der Waals surface area contributed by atoms with Gasteiger partial charge in [-0.05, 0) is 18.2 Å². The molecule has 0 aliphatic rings. The Balaban J connectivity index is 2.97. The Bertz CT molecular complexity index is 686. The van der Waals surface area contributed by atoms with E-state index in [1.54, 1.807) is 0 Å². The topological polar surface area (TPSA) is 39.1 Å². The summed E-state index contributed by atoms with van der Waals surface area (Å²) in [6.07, 6.45) is -4.17. The third kappa shape index (κ3) is 1.90. The molecular weight excluding hydrogens is 247 g/mol. The van der Waals surface area contributed by atoms with Crippen molar-refractivity contribution in [1.29, 1.82) is 0 Å². The van der Waals surface area contributed by atoms with Crippen molar-refractivity contribution >= 4 is 17.2 Å². The van der Waals surface area contributed by atoms with Crippen LogP contribution in [0.5, 0.6) is 0 Å². The molecule has 0 spiro atoms. The SMILES string of the molecule is Cn1c(=O)cc(C(F)(F)F)c2cc(C=O)ccc21. The molecule has 1 aromatic carbocycles. The third-order valence-corrected chi connectivity index (χ3v) is 2.71. The zero-order chi connectivity index (χ0) is 13.5. The standard InChI is InChI=1S/C12H8F3NO2/c1-16-10-3-2-7(6-17)4-8(10)9(5-11(16)18)12(13,14)15/h2-6H,1H3. The van der Waals surface area contributed by atoms with E-state index >= 15 is 0 Å². The van der Waals surface area contributed by atoms with Gasteiger partial charge >= 0.3 is 6.18 Å². The molecule has 0 fully saturated rings. The lowest BCUT2D eigenvalue weighted by Gasteiger charge is -2.12. The maximum absolute atomic E-state index is 12.8. The molecule has 0 aliphatic heterocycles. The Kier molecular flexibility index (Phi) is 2.73. The fourth-order valence-electron chi connectivity index (χ4n) is 1.79. The number of hydrogen-bond donors (Lipinski definition) is 0. The first kappa shape index (κ1) is 12.3. The fourth-order valence-corrected chi connectivity index (χ4v) is 1.79. The van der Waals surface area contributed by atoms with Crippen LogP contribution in [0, 0.1) is 0 Å². The summed E-state index contributed by atoms with van der Waals surface area (Å²) in [5.74, 6) is 0. The number of aromatic nitrogens is 1. The molecule has 0 unspecified atom stereocenters. The summed E-state index contributed by atoms with van der Waals surface area (Å²) in [4.78, 5) is 22.1. The minimum atomic E-state index is -4.63. The van der Waals surface area contributed by atoms with Crippen LogP contribution in [-0.2, 0) is 13.2 Å². The lowest BCUT2D eigenvalue weighted by Crippen LogP contribution is -2.20. The van der Waals surface area contributed by atoms with Gasteiger partial charge in [0.05, 0.1) is 11.1 Å². The molecule has 18 heavy (non-hydrogen) atoms. The van der Waals surface area contributed by atoms with Crippen LogP contribution in [0.25, 0.3) is 10.9 Å². The zero-order valence-electron chi connectivity index (χ0n) is 9.28. The smallest absolute Gasteiger partial charge is 0.311 e. The summed E-state index contributed by atoms with van der Waals surface area (Å²) >= 11 is 0. The molecule has 0 aliphatic carbocycles. The predicted molar refractivity (Wildman–Crippen MR) is 59.6 cm³/mol. The Hall–Kier alpha value is -2.11. The van der Waals surface area contributed by atoms with E-state index in [1.807, 2.05) is 0 Å². The Morgan fingerprint density at radius 3 is 2.44 bits per heavy atom. The highest BCUT2D eigenvalue weighted by molar-refractivity contribution is 5.89. The Labute approximate surface area is 99.5 Å². The lowest BCUT2D eigenvalue weighted by atomic mass is 10.1. The van der Waals surface area contributed by atoms with Crippen LogP contribution >= 0.6 is 0 Å². The van der Waals surface area contributed by atoms with Crippen molar-refractivity contribution in [2.75, 3.05) is 0 Å². The van der Waals surface area contributed by atoms with Crippen molar-refractivity contribution < 1.29 is 18.0 Å². The second kappa shape index (κ2) is 3.97. The number of alkyl halides is 3. The van der Waals surface area contributed by atoms with Crippen molar-refractivity contribution in [3.63, 3.8) is 0 Å². The first-order chi connectivity index (χ1) is 8.34. The first-order valence-electron chi connectivity index (χ1n) is 5.01. The van der Waals surface area contributed by atoms with E-state index in [-0.39, 0.29) is 16.5 Å². The monoisotopic (exact) mass is 255 g/mol. The Morgan fingerprint density at radius 1 is 1.22 bits per heavy atom. The van der Waals surface area contributed by atoms with Crippen molar-refractivity contribution in [3.05, 3.63) is 45.7 Å². The van der Waals surface area contributed by atoms with Gasteiger partial charge in [0.25, 0.3) is 5.56 Å². The Morgan fingerprint density at radius 2 is 1.89 bits per heavy atom. The van der Waals surface area contributed by atoms with Gasteiger partial charge in [0.15, 0.2) is 0 Å². The maximum Gasteiger partial charge on any atom is 0.417 e. The number of nitrogens with zero attached hydrogens (tertiary/aromatic N) is 1. The molecule has 2 rings (SSSR count). The van der Waals surface area contributed by atoms with Gasteiger partial charge in [-0.2, -0.15) is 13.2 Å². The van der Waals surface area contributed by atoms with E-state index in [9.17, 15) is 22.8 Å². The molecule has 0 saturated heterocycles. The number of rotatable bonds is 1. The third-order valence-electron chi connectivity index (χ3n) is 2.71. The van der Waals surface area contributed by atoms with E-state index in [1.165, 1.54) is 19.2 Å². The average molecular weight is 255 g/mol. The van der Waals surface area contributed by atoms with Gasteiger partial charge in [-0.3, -0.25) is 9.59 Å². The lowest BCUT2D eigenvalue weighted by molar-refractivity contribution is -0.136. The minimum absolute atomic E-state index is 0.131. The van der Waals surface area contributed by atoms with E-state index < -0.39 is 17.3 Å². The van der Waals surface area contributed by atoms with Gasteiger partial charge in [0, 0.05) is 24.1 Å². The highest BCUT2D eigenvalue weighted by Gasteiger charge is 2.33. The van der Waals surface area contributed by atoms with Crippen LogP contribution < -0.4 is 5.56 Å². The van der Waals surface area contributed by atoms with Crippen LogP contribution in [0.2, 0.25) is 0 Å². The van der Waals surface area contributed by atoms with Gasteiger partial charge in [-0.15, -0.1) is 0 Å². The van der Waals surface area contributed by atoms with E-state index in [2.05, 4.69) is 0 Å². The number of carbonyl (C=O) groups is 1. The highest BCUT2D eigenvalue weighted by Crippen LogP contribution is 2.33. The second-order valence-corrected chi connectivity index (χ2v) is 3.85. The molecule has 6 heteroatoms. The van der Waals surface area contributed by atoms with E-state index in [0.29, 0.717) is 12.4 Å². The maximum atomic E-state index is 12.8. The summed E-state index contributed by atoms with van der Waals surface area (Å²) in [6, 6.07) is 4.37. The normalized spacial score (nSPS) is 11.8. The number of pyridine rings is 1. The molecule has 2 aromatic rings. The number of hydrogen-bond acceptors (Lipinski definition) is 2. The van der Waals surface area contributed by atoms with Gasteiger partial charge in [-0.1, -0.05) is 0 Å². The number of aryl methyl sites for hydroxylation is 1. The molecule has 0 radical (unpaired) electrons. The molecule has 0 amide bonds. The van der Waals surface area contributed by atoms with Gasteiger partial charge < -0.3 is 4.57 Å². The van der Waals surface area contributed by atoms with Crippen LogP contribution in [0.3, 0.4) is 0 Å². The van der Waals surface area contributed by atoms with Crippen molar-refractivity contribution in [3.8, 4) is 0 Å². The number of carbonyl (C=O) groups excluding carboxylic acids is 1. The molecule has 0 atom stereocenters. The minimum Gasteiger partial charge on any atom is -0.311 e. The fraction of sp³-hybridized carbons (Fsp3) is 0.167. The molecule has 0 N–H and O–H groups in total. The number of aldehydes is 1. The number of halogens is 3. The summed E-state index contributed by atoms with van der Waals surface area (Å²) in [6.45, 7) is 0. The molecule has 0 bridgehead atoms. The molecule has 1 heterocycles. The van der Waals surface area contributed by atoms with Crippen LogP contribution in [0.15, 0.2) is 29.1 Å². The zero-order valence-corrected chi connectivity index (χ0v) is 9.28. The summed E-state index contributed by atoms with van der Waals surface area (Å²) < 4.78 is 39.6. The van der Waals surface area contributed by atoms with Crippen LogP contribution in [0.1, 0.15) is 15.9 Å². The van der Waals surface area contributed by atoms with Crippen molar-refractivity contribution in [2.45, 2.75) is 6.18 Å². The van der Waals surface area contributed by atoms with Gasteiger partial charge in [0.2, 0.25) is 0 Å². The summed E-state index contributed by atoms with van der Waals surface area (Å²) in [5.41, 5.74) is -1.50. The average Bonchev–Trinajstić information content (AvgIpc) is 2.31. The van der Waals surface area contributed by atoms with Gasteiger partial charge in [-0.25, -0.2) is 0 Å².